The molecule has 1 aromatic carbocycles. The summed E-state index contributed by atoms with van der Waals surface area (Å²) in [5, 5.41) is 4.29. The summed E-state index contributed by atoms with van der Waals surface area (Å²) >= 11 is 6.56. The molecule has 23 heavy (non-hydrogen) atoms. The van der Waals surface area contributed by atoms with Crippen molar-refractivity contribution >= 4 is 11.6 Å². The van der Waals surface area contributed by atoms with Gasteiger partial charge in [-0.2, -0.15) is 0 Å². The molecule has 0 saturated carbocycles. The topological polar surface area (TPSA) is 37.8 Å². The Labute approximate surface area is 143 Å². The average molecular weight is 330 g/mol. The molecule has 122 valence electrons. The molecule has 1 aliphatic rings. The molecule has 0 radical (unpaired) electrons. The number of nitrogens with one attached hydrogen (secondary N) is 1. The third-order valence-corrected chi connectivity index (χ3v) is 4.96. The van der Waals surface area contributed by atoms with Crippen LogP contribution < -0.4 is 5.32 Å². The average Bonchev–Trinajstić information content (AvgIpc) is 2.55. The van der Waals surface area contributed by atoms with Crippen LogP contribution in [0.5, 0.6) is 0 Å². The fourth-order valence-corrected chi connectivity index (χ4v) is 3.81. The van der Waals surface area contributed by atoms with Gasteiger partial charge >= 0.3 is 0 Å². The second-order valence-corrected chi connectivity index (χ2v) is 7.18. The number of aromatic nitrogens is 2. The predicted octanol–water partition coefficient (Wildman–Crippen LogP) is 4.00. The van der Waals surface area contributed by atoms with Crippen molar-refractivity contribution in [3.05, 3.63) is 58.6 Å². The molecule has 2 aromatic rings. The second-order valence-electron chi connectivity index (χ2n) is 6.77. The smallest absolute Gasteiger partial charge is 0.128 e. The molecule has 2 heterocycles. The SMILES string of the molecule is CC(C)Cc1nccc(C2(c3ccccc3Cl)CCNCC2)n1. The number of rotatable bonds is 4. The van der Waals surface area contributed by atoms with Gasteiger partial charge in [-0.25, -0.2) is 9.97 Å². The third-order valence-electron chi connectivity index (χ3n) is 4.63. The minimum atomic E-state index is -0.113. The minimum absolute atomic E-state index is 0.113. The fourth-order valence-electron chi connectivity index (χ4n) is 3.50. The second kappa shape index (κ2) is 6.98. The Kier molecular flexibility index (Phi) is 4.98. The summed E-state index contributed by atoms with van der Waals surface area (Å²) in [6.45, 7) is 6.36. The highest BCUT2D eigenvalue weighted by molar-refractivity contribution is 6.31. The quantitative estimate of drug-likeness (QED) is 0.921. The van der Waals surface area contributed by atoms with Crippen molar-refractivity contribution in [1.29, 1.82) is 0 Å². The first-order valence-electron chi connectivity index (χ1n) is 8.40. The Balaban J connectivity index is 2.08. The number of piperidine rings is 1. The first-order chi connectivity index (χ1) is 11.1. The van der Waals surface area contributed by atoms with Crippen molar-refractivity contribution in [1.82, 2.24) is 15.3 Å². The number of halogens is 1. The molecular formula is C19H24ClN3. The van der Waals surface area contributed by atoms with Gasteiger partial charge in [0.2, 0.25) is 0 Å². The van der Waals surface area contributed by atoms with E-state index >= 15 is 0 Å². The number of hydrogen-bond donors (Lipinski definition) is 1. The van der Waals surface area contributed by atoms with Gasteiger partial charge in [0.1, 0.15) is 5.82 Å². The van der Waals surface area contributed by atoms with Crippen molar-refractivity contribution in [3.8, 4) is 0 Å². The van der Waals surface area contributed by atoms with Gasteiger partial charge in [-0.05, 0) is 49.5 Å². The molecule has 0 spiro atoms. The van der Waals surface area contributed by atoms with E-state index in [0.29, 0.717) is 5.92 Å². The number of benzene rings is 1. The van der Waals surface area contributed by atoms with Crippen molar-refractivity contribution in [2.24, 2.45) is 5.92 Å². The van der Waals surface area contributed by atoms with Gasteiger partial charge in [-0.15, -0.1) is 0 Å². The molecular weight excluding hydrogens is 306 g/mol. The van der Waals surface area contributed by atoms with Crippen molar-refractivity contribution in [2.45, 2.75) is 38.5 Å². The van der Waals surface area contributed by atoms with Crippen LogP contribution in [-0.2, 0) is 11.8 Å². The molecule has 4 heteroatoms. The molecule has 1 saturated heterocycles. The largest absolute Gasteiger partial charge is 0.317 e. The first-order valence-corrected chi connectivity index (χ1v) is 8.78. The zero-order valence-corrected chi connectivity index (χ0v) is 14.6. The van der Waals surface area contributed by atoms with E-state index in [9.17, 15) is 0 Å². The van der Waals surface area contributed by atoms with E-state index in [-0.39, 0.29) is 5.41 Å². The first kappa shape index (κ1) is 16.4. The lowest BCUT2D eigenvalue weighted by Gasteiger charge is -2.38. The Morgan fingerprint density at radius 1 is 1.17 bits per heavy atom. The van der Waals surface area contributed by atoms with Crippen LogP contribution in [-0.4, -0.2) is 23.1 Å². The highest BCUT2D eigenvalue weighted by Gasteiger charge is 2.38. The highest BCUT2D eigenvalue weighted by atomic mass is 35.5. The van der Waals surface area contributed by atoms with E-state index in [1.54, 1.807) is 0 Å². The van der Waals surface area contributed by atoms with Crippen LogP contribution in [0.15, 0.2) is 36.5 Å². The monoisotopic (exact) mass is 329 g/mol. The van der Waals surface area contributed by atoms with E-state index in [4.69, 9.17) is 16.6 Å². The molecule has 0 aliphatic carbocycles. The van der Waals surface area contributed by atoms with E-state index in [1.807, 2.05) is 18.3 Å². The molecule has 0 atom stereocenters. The Bertz CT molecular complexity index is 663. The van der Waals surface area contributed by atoms with Crippen LogP contribution >= 0.6 is 11.6 Å². The van der Waals surface area contributed by atoms with E-state index in [0.717, 1.165) is 48.9 Å². The Hall–Kier alpha value is -1.45. The van der Waals surface area contributed by atoms with Gasteiger partial charge < -0.3 is 5.32 Å². The van der Waals surface area contributed by atoms with Crippen LogP contribution in [0.4, 0.5) is 0 Å². The van der Waals surface area contributed by atoms with Crippen molar-refractivity contribution in [3.63, 3.8) is 0 Å². The molecule has 0 bridgehead atoms. The Morgan fingerprint density at radius 2 is 1.91 bits per heavy atom. The van der Waals surface area contributed by atoms with Crippen LogP contribution in [0.3, 0.4) is 0 Å². The molecule has 3 nitrogen and oxygen atoms in total. The maximum Gasteiger partial charge on any atom is 0.128 e. The summed E-state index contributed by atoms with van der Waals surface area (Å²) in [5.41, 5.74) is 2.19. The van der Waals surface area contributed by atoms with Crippen molar-refractivity contribution in [2.75, 3.05) is 13.1 Å². The van der Waals surface area contributed by atoms with Gasteiger partial charge in [-0.1, -0.05) is 43.6 Å². The summed E-state index contributed by atoms with van der Waals surface area (Å²) in [4.78, 5) is 9.39. The maximum absolute atomic E-state index is 6.56. The van der Waals surface area contributed by atoms with Crippen LogP contribution in [0, 0.1) is 5.92 Å². The molecule has 0 unspecified atom stereocenters. The van der Waals surface area contributed by atoms with Gasteiger partial charge in [0.25, 0.3) is 0 Å². The fraction of sp³-hybridized carbons (Fsp3) is 0.474. The van der Waals surface area contributed by atoms with Crippen LogP contribution in [0.2, 0.25) is 5.02 Å². The van der Waals surface area contributed by atoms with Crippen LogP contribution in [0.25, 0.3) is 0 Å². The normalized spacial score (nSPS) is 17.4. The molecule has 1 aliphatic heterocycles. The summed E-state index contributed by atoms with van der Waals surface area (Å²) in [5.74, 6) is 1.48. The van der Waals surface area contributed by atoms with Crippen molar-refractivity contribution < 1.29 is 0 Å². The Morgan fingerprint density at radius 3 is 2.61 bits per heavy atom. The summed E-state index contributed by atoms with van der Waals surface area (Å²) in [6.07, 6.45) is 4.83. The van der Waals surface area contributed by atoms with Gasteiger partial charge in [-0.3, -0.25) is 0 Å². The number of hydrogen-bond acceptors (Lipinski definition) is 3. The van der Waals surface area contributed by atoms with Gasteiger partial charge in [0.05, 0.1) is 5.69 Å². The summed E-state index contributed by atoms with van der Waals surface area (Å²) in [6, 6.07) is 10.3. The number of nitrogens with zero attached hydrogens (tertiary/aromatic N) is 2. The minimum Gasteiger partial charge on any atom is -0.317 e. The molecule has 1 N–H and O–H groups in total. The molecule has 0 amide bonds. The standard InChI is InChI=1S/C19H24ClN3/c1-14(2)13-18-22-10-7-17(23-18)19(8-11-21-12-9-19)15-5-3-4-6-16(15)20/h3-7,10,14,21H,8-9,11-13H2,1-2H3. The van der Waals surface area contributed by atoms with E-state index in [1.165, 1.54) is 5.56 Å². The lowest BCUT2D eigenvalue weighted by Crippen LogP contribution is -2.41. The van der Waals surface area contributed by atoms with E-state index in [2.05, 4.69) is 42.3 Å². The van der Waals surface area contributed by atoms with Gasteiger partial charge in [0, 0.05) is 23.1 Å². The molecule has 1 fully saturated rings. The highest BCUT2D eigenvalue weighted by Crippen LogP contribution is 2.42. The zero-order chi connectivity index (χ0) is 16.3. The van der Waals surface area contributed by atoms with Gasteiger partial charge in [0.15, 0.2) is 0 Å². The lowest BCUT2D eigenvalue weighted by molar-refractivity contribution is 0.352. The predicted molar refractivity (Wildman–Crippen MR) is 94.9 cm³/mol. The zero-order valence-electron chi connectivity index (χ0n) is 13.8. The summed E-state index contributed by atoms with van der Waals surface area (Å²) < 4.78 is 0. The summed E-state index contributed by atoms with van der Waals surface area (Å²) in [7, 11) is 0. The maximum atomic E-state index is 6.56. The molecule has 1 aromatic heterocycles. The lowest BCUT2D eigenvalue weighted by atomic mass is 9.70. The van der Waals surface area contributed by atoms with E-state index < -0.39 is 0 Å². The molecule has 3 rings (SSSR count). The third kappa shape index (κ3) is 3.41. The van der Waals surface area contributed by atoms with Crippen LogP contribution in [0.1, 0.15) is 43.8 Å².